The van der Waals surface area contributed by atoms with Crippen molar-refractivity contribution in [2.24, 2.45) is 7.05 Å². The maximum atomic E-state index is 13.3. The zero-order chi connectivity index (χ0) is 17.0. The van der Waals surface area contributed by atoms with Crippen LogP contribution in [0.3, 0.4) is 0 Å². The minimum atomic E-state index is -0.284. The van der Waals surface area contributed by atoms with Crippen molar-refractivity contribution in [1.82, 2.24) is 24.9 Å². The summed E-state index contributed by atoms with van der Waals surface area (Å²) in [6.07, 6.45) is 1.81. The number of aryl methyl sites for hydroxylation is 1. The number of nitrogens with zero attached hydrogens (tertiary/aromatic N) is 4. The SMILES string of the molecule is Cn1ncc2ccc(-c3noc(-c4cc5cc(F)ccc5[nH]4)n3)cc21. The molecule has 0 fully saturated rings. The minimum Gasteiger partial charge on any atom is -0.351 e. The number of aromatic nitrogens is 5. The van der Waals surface area contributed by atoms with E-state index in [-0.39, 0.29) is 5.82 Å². The molecule has 5 aromatic rings. The van der Waals surface area contributed by atoms with Gasteiger partial charge in [-0.3, -0.25) is 4.68 Å². The van der Waals surface area contributed by atoms with Crippen LogP contribution in [0.1, 0.15) is 0 Å². The summed E-state index contributed by atoms with van der Waals surface area (Å²) in [5.74, 6) is 0.563. The first-order valence-electron chi connectivity index (χ1n) is 7.72. The largest absolute Gasteiger partial charge is 0.351 e. The smallest absolute Gasteiger partial charge is 0.274 e. The van der Waals surface area contributed by atoms with Gasteiger partial charge in [0.25, 0.3) is 5.89 Å². The molecule has 25 heavy (non-hydrogen) atoms. The van der Waals surface area contributed by atoms with Gasteiger partial charge in [-0.1, -0.05) is 17.3 Å². The van der Waals surface area contributed by atoms with Gasteiger partial charge < -0.3 is 9.51 Å². The Bertz CT molecular complexity index is 1230. The van der Waals surface area contributed by atoms with Gasteiger partial charge in [-0.15, -0.1) is 0 Å². The Morgan fingerprint density at radius 1 is 1.08 bits per heavy atom. The van der Waals surface area contributed by atoms with Crippen molar-refractivity contribution in [2.75, 3.05) is 0 Å². The molecule has 0 aliphatic heterocycles. The molecule has 0 bridgehead atoms. The lowest BCUT2D eigenvalue weighted by molar-refractivity contribution is 0.431. The van der Waals surface area contributed by atoms with Crippen LogP contribution in [0.4, 0.5) is 4.39 Å². The minimum absolute atomic E-state index is 0.284. The maximum Gasteiger partial charge on any atom is 0.274 e. The lowest BCUT2D eigenvalue weighted by Gasteiger charge is -1.97. The standard InChI is InChI=1S/C18H12FN5O/c1-24-16-8-10(2-3-11(16)9-20-24)17-22-18(25-23-17)15-7-12-6-13(19)4-5-14(12)21-15/h2-9,21H,1H3. The van der Waals surface area contributed by atoms with Crippen LogP contribution in [-0.2, 0) is 7.05 Å². The van der Waals surface area contributed by atoms with Gasteiger partial charge in [-0.25, -0.2) is 4.39 Å². The Labute approximate surface area is 140 Å². The average Bonchev–Trinajstić information content (AvgIpc) is 3.32. The van der Waals surface area contributed by atoms with Gasteiger partial charge in [0, 0.05) is 28.9 Å². The van der Waals surface area contributed by atoms with Gasteiger partial charge in [-0.05, 0) is 30.3 Å². The van der Waals surface area contributed by atoms with Crippen LogP contribution in [0.5, 0.6) is 0 Å². The molecule has 0 radical (unpaired) electrons. The molecule has 0 unspecified atom stereocenters. The molecule has 0 spiro atoms. The van der Waals surface area contributed by atoms with Crippen LogP contribution in [-0.4, -0.2) is 24.9 Å². The van der Waals surface area contributed by atoms with E-state index in [4.69, 9.17) is 4.52 Å². The fraction of sp³-hybridized carbons (Fsp3) is 0.0556. The summed E-state index contributed by atoms with van der Waals surface area (Å²) in [7, 11) is 1.89. The van der Waals surface area contributed by atoms with Gasteiger partial charge >= 0.3 is 0 Å². The second-order valence-corrected chi connectivity index (χ2v) is 5.88. The van der Waals surface area contributed by atoms with E-state index in [0.29, 0.717) is 17.4 Å². The predicted molar refractivity (Wildman–Crippen MR) is 91.3 cm³/mol. The van der Waals surface area contributed by atoms with E-state index in [1.807, 2.05) is 31.4 Å². The highest BCUT2D eigenvalue weighted by Gasteiger charge is 2.14. The number of nitrogens with one attached hydrogen (secondary N) is 1. The first-order chi connectivity index (χ1) is 12.2. The fourth-order valence-corrected chi connectivity index (χ4v) is 2.95. The van der Waals surface area contributed by atoms with Crippen LogP contribution < -0.4 is 0 Å². The van der Waals surface area contributed by atoms with Gasteiger partial charge in [-0.2, -0.15) is 10.1 Å². The van der Waals surface area contributed by atoms with E-state index in [9.17, 15) is 4.39 Å². The first kappa shape index (κ1) is 13.9. The molecular weight excluding hydrogens is 321 g/mol. The summed E-state index contributed by atoms with van der Waals surface area (Å²) in [6, 6.07) is 12.2. The number of halogens is 1. The molecule has 5 rings (SSSR count). The Hall–Kier alpha value is -3.48. The van der Waals surface area contributed by atoms with E-state index in [2.05, 4.69) is 20.2 Å². The van der Waals surface area contributed by atoms with Crippen molar-refractivity contribution in [3.63, 3.8) is 0 Å². The average molecular weight is 333 g/mol. The van der Waals surface area contributed by atoms with Crippen molar-refractivity contribution in [1.29, 1.82) is 0 Å². The fourth-order valence-electron chi connectivity index (χ4n) is 2.95. The van der Waals surface area contributed by atoms with Crippen molar-refractivity contribution in [2.45, 2.75) is 0 Å². The van der Waals surface area contributed by atoms with E-state index < -0.39 is 0 Å². The van der Waals surface area contributed by atoms with Crippen LogP contribution in [0.25, 0.3) is 44.8 Å². The van der Waals surface area contributed by atoms with Crippen molar-refractivity contribution in [3.8, 4) is 23.0 Å². The maximum absolute atomic E-state index is 13.3. The molecule has 3 aromatic heterocycles. The molecule has 0 amide bonds. The van der Waals surface area contributed by atoms with Gasteiger partial charge in [0.05, 0.1) is 11.7 Å². The highest BCUT2D eigenvalue weighted by molar-refractivity contribution is 5.85. The molecule has 0 saturated heterocycles. The monoisotopic (exact) mass is 333 g/mol. The molecule has 0 saturated carbocycles. The summed E-state index contributed by atoms with van der Waals surface area (Å²) in [6.45, 7) is 0. The zero-order valence-corrected chi connectivity index (χ0v) is 13.2. The molecule has 6 nitrogen and oxygen atoms in total. The second-order valence-electron chi connectivity index (χ2n) is 5.88. The van der Waals surface area contributed by atoms with Gasteiger partial charge in [0.2, 0.25) is 5.82 Å². The Kier molecular flexibility index (Phi) is 2.79. The molecule has 3 heterocycles. The molecule has 1 N–H and O–H groups in total. The number of benzene rings is 2. The number of aromatic amines is 1. The molecule has 7 heteroatoms. The number of H-pyrrole nitrogens is 1. The van der Waals surface area contributed by atoms with E-state index in [1.54, 1.807) is 16.8 Å². The normalized spacial score (nSPS) is 11.6. The van der Waals surface area contributed by atoms with E-state index in [0.717, 1.165) is 27.4 Å². The zero-order valence-electron chi connectivity index (χ0n) is 13.2. The molecule has 0 aliphatic carbocycles. The number of rotatable bonds is 2. The number of fused-ring (bicyclic) bond motifs is 2. The molecule has 122 valence electrons. The Morgan fingerprint density at radius 2 is 2.00 bits per heavy atom. The molecule has 2 aromatic carbocycles. The summed E-state index contributed by atoms with van der Waals surface area (Å²) in [4.78, 5) is 7.62. The third-order valence-corrected chi connectivity index (χ3v) is 4.25. The molecule has 0 aliphatic rings. The van der Waals surface area contributed by atoms with Crippen molar-refractivity contribution >= 4 is 21.8 Å². The van der Waals surface area contributed by atoms with Gasteiger partial charge in [0.1, 0.15) is 11.5 Å². The predicted octanol–water partition coefficient (Wildman–Crippen LogP) is 3.91. The van der Waals surface area contributed by atoms with Gasteiger partial charge in [0.15, 0.2) is 0 Å². The summed E-state index contributed by atoms with van der Waals surface area (Å²) in [5.41, 5.74) is 3.30. The summed E-state index contributed by atoms with van der Waals surface area (Å²) < 4.78 is 20.5. The molecular formula is C18H12FN5O. The van der Waals surface area contributed by atoms with Crippen LogP contribution in [0, 0.1) is 5.82 Å². The summed E-state index contributed by atoms with van der Waals surface area (Å²) in [5, 5.41) is 10.1. The van der Waals surface area contributed by atoms with E-state index >= 15 is 0 Å². The number of hydrogen-bond donors (Lipinski definition) is 1. The first-order valence-corrected chi connectivity index (χ1v) is 7.72. The quantitative estimate of drug-likeness (QED) is 0.531. The third-order valence-electron chi connectivity index (χ3n) is 4.25. The molecule has 0 atom stereocenters. The third kappa shape index (κ3) is 2.20. The van der Waals surface area contributed by atoms with Crippen LogP contribution in [0.2, 0.25) is 0 Å². The topological polar surface area (TPSA) is 72.5 Å². The van der Waals surface area contributed by atoms with Crippen LogP contribution >= 0.6 is 0 Å². The van der Waals surface area contributed by atoms with Crippen LogP contribution in [0.15, 0.2) is 53.2 Å². The second kappa shape index (κ2) is 5.01. The summed E-state index contributed by atoms with van der Waals surface area (Å²) >= 11 is 0. The highest BCUT2D eigenvalue weighted by atomic mass is 19.1. The Balaban J connectivity index is 1.58. The van der Waals surface area contributed by atoms with Crippen molar-refractivity contribution < 1.29 is 8.91 Å². The highest BCUT2D eigenvalue weighted by Crippen LogP contribution is 2.27. The van der Waals surface area contributed by atoms with Crippen molar-refractivity contribution in [3.05, 3.63) is 54.5 Å². The lowest BCUT2D eigenvalue weighted by atomic mass is 10.1. The Morgan fingerprint density at radius 3 is 2.92 bits per heavy atom. The van der Waals surface area contributed by atoms with E-state index in [1.165, 1.54) is 12.1 Å². The number of hydrogen-bond acceptors (Lipinski definition) is 4. The lowest BCUT2D eigenvalue weighted by Crippen LogP contribution is -1.89.